The predicted molar refractivity (Wildman–Crippen MR) is 80.7 cm³/mol. The first-order chi connectivity index (χ1) is 9.58. The Morgan fingerprint density at radius 1 is 1.30 bits per heavy atom. The molecular formula is C14H15Cl2NO2S. The SMILES string of the molecule is O=C1CCCC1C1CCCN1C(=O)c1cc(Cl)sc1Cl. The van der Waals surface area contributed by atoms with Crippen LogP contribution < -0.4 is 0 Å². The van der Waals surface area contributed by atoms with Gasteiger partial charge in [-0.3, -0.25) is 9.59 Å². The summed E-state index contributed by atoms with van der Waals surface area (Å²) in [5.74, 6) is 0.249. The Kier molecular flexibility index (Phi) is 4.07. The molecule has 1 aromatic rings. The van der Waals surface area contributed by atoms with Crippen LogP contribution in [0.1, 0.15) is 42.5 Å². The fourth-order valence-corrected chi connectivity index (χ4v) is 4.80. The van der Waals surface area contributed by atoms with Gasteiger partial charge < -0.3 is 4.90 Å². The zero-order valence-corrected chi connectivity index (χ0v) is 13.2. The Morgan fingerprint density at radius 3 is 2.70 bits per heavy atom. The van der Waals surface area contributed by atoms with E-state index in [1.165, 1.54) is 11.3 Å². The molecule has 1 saturated heterocycles. The van der Waals surface area contributed by atoms with Gasteiger partial charge in [0.1, 0.15) is 10.1 Å². The van der Waals surface area contributed by atoms with Gasteiger partial charge in [-0.15, -0.1) is 11.3 Å². The van der Waals surface area contributed by atoms with E-state index in [1.807, 2.05) is 4.90 Å². The van der Waals surface area contributed by atoms with Gasteiger partial charge in [0.05, 0.1) is 9.90 Å². The van der Waals surface area contributed by atoms with E-state index in [0.717, 1.165) is 25.7 Å². The van der Waals surface area contributed by atoms with E-state index in [9.17, 15) is 9.59 Å². The molecule has 1 saturated carbocycles. The number of likely N-dealkylation sites (tertiary alicyclic amines) is 1. The first kappa shape index (κ1) is 14.4. The summed E-state index contributed by atoms with van der Waals surface area (Å²) in [4.78, 5) is 26.4. The molecule has 1 aliphatic carbocycles. The Labute approximate surface area is 131 Å². The second-order valence-corrected chi connectivity index (χ2v) is 7.70. The molecule has 0 radical (unpaired) electrons. The van der Waals surface area contributed by atoms with E-state index in [2.05, 4.69) is 0 Å². The zero-order valence-electron chi connectivity index (χ0n) is 10.9. The summed E-state index contributed by atoms with van der Waals surface area (Å²) in [6.45, 7) is 0.705. The summed E-state index contributed by atoms with van der Waals surface area (Å²) in [6.07, 6.45) is 4.39. The van der Waals surface area contributed by atoms with E-state index in [-0.39, 0.29) is 17.9 Å². The molecule has 108 valence electrons. The number of carbonyl (C=O) groups excluding carboxylic acids is 2. The fraction of sp³-hybridized carbons (Fsp3) is 0.571. The maximum Gasteiger partial charge on any atom is 0.256 e. The van der Waals surface area contributed by atoms with Crippen LogP contribution >= 0.6 is 34.5 Å². The number of hydrogen-bond donors (Lipinski definition) is 0. The molecule has 6 heteroatoms. The topological polar surface area (TPSA) is 37.4 Å². The Morgan fingerprint density at radius 2 is 2.10 bits per heavy atom. The van der Waals surface area contributed by atoms with Gasteiger partial charge in [-0.1, -0.05) is 23.2 Å². The van der Waals surface area contributed by atoms with Crippen LogP contribution in [0, 0.1) is 5.92 Å². The average molecular weight is 332 g/mol. The van der Waals surface area contributed by atoms with Crippen molar-refractivity contribution in [2.24, 2.45) is 5.92 Å². The highest BCUT2D eigenvalue weighted by atomic mass is 35.5. The summed E-state index contributed by atoms with van der Waals surface area (Å²) < 4.78 is 0.953. The summed E-state index contributed by atoms with van der Waals surface area (Å²) in [5.41, 5.74) is 0.471. The smallest absolute Gasteiger partial charge is 0.256 e. The third-order valence-corrected chi connectivity index (χ3v) is 5.75. The second kappa shape index (κ2) is 5.66. The fourth-order valence-electron chi connectivity index (χ4n) is 3.35. The van der Waals surface area contributed by atoms with Gasteiger partial charge in [0.2, 0.25) is 0 Å². The van der Waals surface area contributed by atoms with Crippen LogP contribution in [0.25, 0.3) is 0 Å². The van der Waals surface area contributed by atoms with Crippen molar-refractivity contribution >= 4 is 46.2 Å². The molecule has 1 aliphatic heterocycles. The van der Waals surface area contributed by atoms with Crippen molar-refractivity contribution in [2.45, 2.75) is 38.1 Å². The van der Waals surface area contributed by atoms with E-state index in [0.29, 0.717) is 33.0 Å². The molecule has 1 aromatic heterocycles. The Balaban J connectivity index is 1.83. The van der Waals surface area contributed by atoms with Crippen LogP contribution in [0.5, 0.6) is 0 Å². The minimum Gasteiger partial charge on any atom is -0.335 e. The van der Waals surface area contributed by atoms with Crippen LogP contribution in [0.15, 0.2) is 6.07 Å². The third kappa shape index (κ3) is 2.49. The van der Waals surface area contributed by atoms with E-state index < -0.39 is 0 Å². The van der Waals surface area contributed by atoms with Gasteiger partial charge in [0, 0.05) is 24.9 Å². The molecule has 2 unspecified atom stereocenters. The molecule has 2 aliphatic rings. The number of halogens is 2. The maximum atomic E-state index is 12.6. The molecule has 1 amide bonds. The Hall–Kier alpha value is -0.580. The van der Waals surface area contributed by atoms with Crippen LogP contribution in [-0.2, 0) is 4.79 Å². The van der Waals surface area contributed by atoms with Crippen molar-refractivity contribution in [1.82, 2.24) is 4.90 Å². The minimum absolute atomic E-state index is 0.0225. The van der Waals surface area contributed by atoms with Gasteiger partial charge in [-0.25, -0.2) is 0 Å². The highest BCUT2D eigenvalue weighted by molar-refractivity contribution is 7.20. The van der Waals surface area contributed by atoms with Crippen molar-refractivity contribution in [3.05, 3.63) is 20.3 Å². The molecule has 2 heterocycles. The number of hydrogen-bond acceptors (Lipinski definition) is 3. The van der Waals surface area contributed by atoms with Crippen molar-refractivity contribution < 1.29 is 9.59 Å². The molecule has 0 bridgehead atoms. The largest absolute Gasteiger partial charge is 0.335 e. The number of nitrogens with zero attached hydrogens (tertiary/aromatic N) is 1. The van der Waals surface area contributed by atoms with Crippen LogP contribution in [-0.4, -0.2) is 29.2 Å². The lowest BCUT2D eigenvalue weighted by molar-refractivity contribution is -0.121. The predicted octanol–water partition coefficient (Wildman–Crippen LogP) is 4.03. The molecule has 0 aromatic carbocycles. The highest BCUT2D eigenvalue weighted by Crippen LogP contribution is 2.37. The second-order valence-electron chi connectivity index (χ2n) is 5.41. The number of carbonyl (C=O) groups is 2. The van der Waals surface area contributed by atoms with Gasteiger partial charge in [-0.2, -0.15) is 0 Å². The lowest BCUT2D eigenvalue weighted by atomic mass is 9.95. The molecule has 3 rings (SSSR count). The zero-order chi connectivity index (χ0) is 14.3. The number of Topliss-reactive ketones (excluding diaryl/α,β-unsaturated/α-hetero) is 1. The molecule has 3 nitrogen and oxygen atoms in total. The molecular weight excluding hydrogens is 317 g/mol. The third-order valence-electron chi connectivity index (χ3n) is 4.26. The quantitative estimate of drug-likeness (QED) is 0.820. The van der Waals surface area contributed by atoms with Crippen molar-refractivity contribution in [1.29, 1.82) is 0 Å². The number of ketones is 1. The standard InChI is InChI=1S/C14H15Cl2NO2S/c15-12-7-9(13(16)20-12)14(19)17-6-2-4-10(17)8-3-1-5-11(8)18/h7-8,10H,1-6H2. The van der Waals surface area contributed by atoms with Crippen molar-refractivity contribution in [2.75, 3.05) is 6.54 Å². The Bertz CT molecular complexity index is 557. The first-order valence-electron chi connectivity index (χ1n) is 6.86. The van der Waals surface area contributed by atoms with Gasteiger partial charge in [0.25, 0.3) is 5.91 Å². The van der Waals surface area contributed by atoms with Crippen LogP contribution in [0.4, 0.5) is 0 Å². The molecule has 20 heavy (non-hydrogen) atoms. The normalized spacial score (nSPS) is 26.5. The van der Waals surface area contributed by atoms with E-state index in [4.69, 9.17) is 23.2 Å². The number of rotatable bonds is 2. The van der Waals surface area contributed by atoms with Gasteiger partial charge in [-0.05, 0) is 31.7 Å². The average Bonchev–Trinajstić information content (AvgIpc) is 3.08. The summed E-state index contributed by atoms with van der Waals surface area (Å²) in [5, 5.41) is 0. The highest BCUT2D eigenvalue weighted by Gasteiger charge is 2.40. The summed E-state index contributed by atoms with van der Waals surface area (Å²) in [6, 6.07) is 1.68. The van der Waals surface area contributed by atoms with Crippen LogP contribution in [0.3, 0.4) is 0 Å². The number of amides is 1. The molecule has 2 fully saturated rings. The molecule has 0 spiro atoms. The van der Waals surface area contributed by atoms with E-state index >= 15 is 0 Å². The molecule has 0 N–H and O–H groups in total. The lowest BCUT2D eigenvalue weighted by Gasteiger charge is -2.28. The molecule has 2 atom stereocenters. The van der Waals surface area contributed by atoms with Gasteiger partial charge in [0.15, 0.2) is 0 Å². The van der Waals surface area contributed by atoms with Crippen LogP contribution in [0.2, 0.25) is 8.67 Å². The van der Waals surface area contributed by atoms with Crippen molar-refractivity contribution in [3.8, 4) is 0 Å². The minimum atomic E-state index is -0.0830. The monoisotopic (exact) mass is 331 g/mol. The van der Waals surface area contributed by atoms with Gasteiger partial charge >= 0.3 is 0 Å². The van der Waals surface area contributed by atoms with Crippen molar-refractivity contribution in [3.63, 3.8) is 0 Å². The van der Waals surface area contributed by atoms with E-state index in [1.54, 1.807) is 6.07 Å². The lowest BCUT2D eigenvalue weighted by Crippen LogP contribution is -2.41. The summed E-state index contributed by atoms with van der Waals surface area (Å²) >= 11 is 13.2. The maximum absolute atomic E-state index is 12.6. The number of thiophene rings is 1. The summed E-state index contributed by atoms with van der Waals surface area (Å²) in [7, 11) is 0. The first-order valence-corrected chi connectivity index (χ1v) is 8.43.